The molecule has 0 aromatic carbocycles. The summed E-state index contributed by atoms with van der Waals surface area (Å²) >= 11 is 0. The molecule has 0 spiro atoms. The van der Waals surface area contributed by atoms with Crippen LogP contribution in [0.1, 0.15) is 26.2 Å². The van der Waals surface area contributed by atoms with Crippen LogP contribution in [0.2, 0.25) is 0 Å². The van der Waals surface area contributed by atoms with E-state index in [-0.39, 0.29) is 0 Å². The number of allylic oxidation sites excluding steroid dienone is 1. The Morgan fingerprint density at radius 3 is 2.56 bits per heavy atom. The van der Waals surface area contributed by atoms with E-state index in [4.69, 9.17) is 5.11 Å². The Morgan fingerprint density at radius 2 is 2.22 bits per heavy atom. The summed E-state index contributed by atoms with van der Waals surface area (Å²) in [6.07, 6.45) is 3.17. The van der Waals surface area contributed by atoms with Crippen molar-refractivity contribution in [1.29, 1.82) is 0 Å². The smallest absolute Gasteiger partial charge is 0.0436 e. The van der Waals surface area contributed by atoms with Gasteiger partial charge in [-0.25, -0.2) is 0 Å². The lowest BCUT2D eigenvalue weighted by Crippen LogP contribution is -2.28. The highest BCUT2D eigenvalue weighted by Gasteiger charge is 2.33. The van der Waals surface area contributed by atoms with Gasteiger partial charge in [0.15, 0.2) is 0 Å². The maximum Gasteiger partial charge on any atom is 0.0436 e. The molecule has 1 aliphatic carbocycles. The molecule has 0 bridgehead atoms. The molecule has 0 saturated heterocycles. The maximum absolute atomic E-state index is 8.62. The summed E-state index contributed by atoms with van der Waals surface area (Å²) in [5.74, 6) is 0. The van der Waals surface area contributed by atoms with Crippen LogP contribution in [0.3, 0.4) is 0 Å². The summed E-state index contributed by atoms with van der Waals surface area (Å²) in [6.45, 7) is 6.39. The van der Waals surface area contributed by atoms with Crippen molar-refractivity contribution in [2.75, 3.05) is 6.61 Å². The summed E-state index contributed by atoms with van der Waals surface area (Å²) in [7, 11) is 0. The number of aliphatic hydroxyl groups is 1. The third-order valence-corrected chi connectivity index (χ3v) is 2.07. The predicted molar refractivity (Wildman–Crippen MR) is 38.2 cm³/mol. The van der Waals surface area contributed by atoms with Crippen LogP contribution in [0.15, 0.2) is 12.2 Å². The zero-order chi connectivity index (χ0) is 6.91. The monoisotopic (exact) mass is 126 g/mol. The van der Waals surface area contributed by atoms with Gasteiger partial charge in [0.05, 0.1) is 0 Å². The van der Waals surface area contributed by atoms with Gasteiger partial charge in [0, 0.05) is 6.61 Å². The summed E-state index contributed by atoms with van der Waals surface area (Å²) < 4.78 is 0. The molecule has 0 heterocycles. The van der Waals surface area contributed by atoms with Gasteiger partial charge >= 0.3 is 0 Å². The van der Waals surface area contributed by atoms with Crippen LogP contribution in [0.4, 0.5) is 0 Å². The first-order chi connectivity index (χ1) is 4.16. The lowest BCUT2D eigenvalue weighted by Gasteiger charge is -2.40. The van der Waals surface area contributed by atoms with Crippen molar-refractivity contribution >= 4 is 0 Å². The Hall–Kier alpha value is -0.300. The fourth-order valence-electron chi connectivity index (χ4n) is 1.60. The molecule has 1 N–H and O–H groups in total. The van der Waals surface area contributed by atoms with E-state index in [1.54, 1.807) is 0 Å². The Morgan fingerprint density at radius 1 is 1.67 bits per heavy atom. The van der Waals surface area contributed by atoms with E-state index in [0.29, 0.717) is 12.0 Å². The van der Waals surface area contributed by atoms with E-state index in [1.807, 2.05) is 0 Å². The topological polar surface area (TPSA) is 20.2 Å². The van der Waals surface area contributed by atoms with E-state index in [9.17, 15) is 0 Å². The molecule has 52 valence electrons. The van der Waals surface area contributed by atoms with Gasteiger partial charge in [0.1, 0.15) is 0 Å². The van der Waals surface area contributed by atoms with Crippen LogP contribution in [-0.2, 0) is 0 Å². The molecule has 0 aromatic rings. The first-order valence-corrected chi connectivity index (χ1v) is 3.44. The van der Waals surface area contributed by atoms with Crippen molar-refractivity contribution in [2.24, 2.45) is 5.41 Å². The molecule has 0 amide bonds. The predicted octanol–water partition coefficient (Wildman–Crippen LogP) is 1.73. The largest absolute Gasteiger partial charge is 0.396 e. The van der Waals surface area contributed by atoms with Gasteiger partial charge in [-0.2, -0.15) is 0 Å². The van der Waals surface area contributed by atoms with Crippen molar-refractivity contribution in [1.82, 2.24) is 0 Å². The van der Waals surface area contributed by atoms with Crippen LogP contribution in [0, 0.1) is 5.41 Å². The zero-order valence-electron chi connectivity index (χ0n) is 5.98. The molecular weight excluding hydrogens is 112 g/mol. The van der Waals surface area contributed by atoms with E-state index in [1.165, 1.54) is 5.57 Å². The standard InChI is InChI=1S/C8H14O/c1-7-5-8(2,6-7)3-4-9/h9H,1,3-6H2,2H3. The van der Waals surface area contributed by atoms with Crippen molar-refractivity contribution in [3.63, 3.8) is 0 Å². The van der Waals surface area contributed by atoms with Gasteiger partial charge in [-0.05, 0) is 24.7 Å². The highest BCUT2D eigenvalue weighted by Crippen LogP contribution is 2.46. The molecule has 1 aliphatic rings. The third-order valence-electron chi connectivity index (χ3n) is 2.07. The lowest BCUT2D eigenvalue weighted by molar-refractivity contribution is 0.156. The number of aliphatic hydroxyl groups excluding tert-OH is 1. The minimum atomic E-state index is 0.323. The van der Waals surface area contributed by atoms with Crippen LogP contribution in [0.25, 0.3) is 0 Å². The fourth-order valence-corrected chi connectivity index (χ4v) is 1.60. The van der Waals surface area contributed by atoms with Gasteiger partial charge in [-0.15, -0.1) is 0 Å². The minimum Gasteiger partial charge on any atom is -0.396 e. The molecular formula is C8H14O. The molecule has 1 saturated carbocycles. The van der Waals surface area contributed by atoms with E-state index in [0.717, 1.165) is 19.3 Å². The molecule has 1 heteroatoms. The maximum atomic E-state index is 8.62. The van der Waals surface area contributed by atoms with Gasteiger partial charge < -0.3 is 5.11 Å². The first-order valence-electron chi connectivity index (χ1n) is 3.44. The third kappa shape index (κ3) is 1.33. The average Bonchev–Trinajstić information content (AvgIpc) is 1.62. The Bertz CT molecular complexity index is 119. The summed E-state index contributed by atoms with van der Waals surface area (Å²) in [5.41, 5.74) is 1.73. The second-order valence-electron chi connectivity index (χ2n) is 3.39. The van der Waals surface area contributed by atoms with Gasteiger partial charge in [-0.3, -0.25) is 0 Å². The molecule has 0 aromatic heterocycles. The quantitative estimate of drug-likeness (QED) is 0.558. The Kier molecular flexibility index (Phi) is 1.62. The van der Waals surface area contributed by atoms with E-state index < -0.39 is 0 Å². The second kappa shape index (κ2) is 2.14. The minimum absolute atomic E-state index is 0.323. The van der Waals surface area contributed by atoms with Crippen LogP contribution < -0.4 is 0 Å². The summed E-state index contributed by atoms with van der Waals surface area (Å²) in [4.78, 5) is 0. The fraction of sp³-hybridized carbons (Fsp3) is 0.750. The van der Waals surface area contributed by atoms with Crippen LogP contribution in [0.5, 0.6) is 0 Å². The number of hydrogen-bond donors (Lipinski definition) is 1. The molecule has 0 radical (unpaired) electrons. The second-order valence-corrected chi connectivity index (χ2v) is 3.39. The molecule has 1 rings (SSSR count). The average molecular weight is 126 g/mol. The van der Waals surface area contributed by atoms with Gasteiger partial charge in [0.2, 0.25) is 0 Å². The molecule has 9 heavy (non-hydrogen) atoms. The lowest BCUT2D eigenvalue weighted by atomic mass is 9.66. The molecule has 0 aliphatic heterocycles. The van der Waals surface area contributed by atoms with Crippen molar-refractivity contribution in [3.05, 3.63) is 12.2 Å². The number of rotatable bonds is 2. The van der Waals surface area contributed by atoms with Crippen LogP contribution >= 0.6 is 0 Å². The van der Waals surface area contributed by atoms with Crippen molar-refractivity contribution in [3.8, 4) is 0 Å². The van der Waals surface area contributed by atoms with Crippen LogP contribution in [-0.4, -0.2) is 11.7 Å². The SMILES string of the molecule is C=C1CC(C)(CCO)C1. The summed E-state index contributed by atoms with van der Waals surface area (Å²) in [5, 5.41) is 8.62. The van der Waals surface area contributed by atoms with E-state index >= 15 is 0 Å². The molecule has 0 atom stereocenters. The van der Waals surface area contributed by atoms with Gasteiger partial charge in [-0.1, -0.05) is 19.1 Å². The van der Waals surface area contributed by atoms with Crippen molar-refractivity contribution < 1.29 is 5.11 Å². The van der Waals surface area contributed by atoms with Crippen molar-refractivity contribution in [2.45, 2.75) is 26.2 Å². The molecule has 0 unspecified atom stereocenters. The normalized spacial score (nSPS) is 23.6. The zero-order valence-corrected chi connectivity index (χ0v) is 5.98. The molecule has 1 nitrogen and oxygen atoms in total. The van der Waals surface area contributed by atoms with Gasteiger partial charge in [0.25, 0.3) is 0 Å². The molecule has 1 fully saturated rings. The summed E-state index contributed by atoms with van der Waals surface area (Å²) in [6, 6.07) is 0. The first kappa shape index (κ1) is 6.81. The highest BCUT2D eigenvalue weighted by atomic mass is 16.3. The van der Waals surface area contributed by atoms with E-state index in [2.05, 4.69) is 13.5 Å². The highest BCUT2D eigenvalue weighted by molar-refractivity contribution is 5.13. The Balaban J connectivity index is 2.31. The number of hydrogen-bond acceptors (Lipinski definition) is 1. The Labute approximate surface area is 56.4 Å².